The van der Waals surface area contributed by atoms with Crippen LogP contribution in [0.15, 0.2) is 218 Å². The fraction of sp³-hybridized carbons (Fsp3) is 0.0968. The van der Waals surface area contributed by atoms with Crippen LogP contribution in [0, 0.1) is 0 Å². The largest absolute Gasteiger partial charge is 0.308 e. The van der Waals surface area contributed by atoms with Crippen molar-refractivity contribution in [3.05, 3.63) is 241 Å². The van der Waals surface area contributed by atoms with Gasteiger partial charge >= 0.3 is 0 Å². The Bertz CT molecular complexity index is 3440. The fourth-order valence-corrected chi connectivity index (χ4v) is 11.0. The molecule has 2 heteroatoms. The summed E-state index contributed by atoms with van der Waals surface area (Å²) < 4.78 is 0. The summed E-state index contributed by atoms with van der Waals surface area (Å²) in [5, 5.41) is 4.88. The van der Waals surface area contributed by atoms with Gasteiger partial charge in [-0.2, -0.15) is 0 Å². The molecule has 12 rings (SSSR count). The summed E-state index contributed by atoms with van der Waals surface area (Å²) >= 11 is 0. The molecule has 0 saturated heterocycles. The lowest BCUT2D eigenvalue weighted by molar-refractivity contribution is 0.632. The number of fused-ring (bicyclic) bond motifs is 7. The van der Waals surface area contributed by atoms with E-state index < -0.39 is 0 Å². The minimum Gasteiger partial charge on any atom is -0.308 e. The quantitative estimate of drug-likeness (QED) is 0.165. The molecule has 64 heavy (non-hydrogen) atoms. The Balaban J connectivity index is 1.14. The highest BCUT2D eigenvalue weighted by Crippen LogP contribution is 2.58. The number of hydrogen-bond donors (Lipinski definition) is 0. The smallest absolute Gasteiger partial charge is 0.0781 e. The van der Waals surface area contributed by atoms with Crippen molar-refractivity contribution in [3.8, 4) is 33.4 Å². The summed E-state index contributed by atoms with van der Waals surface area (Å²) in [5.74, 6) is 0. The second-order valence-corrected chi connectivity index (χ2v) is 18.5. The monoisotopic (exact) mass is 820 g/mol. The van der Waals surface area contributed by atoms with Crippen molar-refractivity contribution in [2.75, 3.05) is 9.80 Å². The van der Waals surface area contributed by atoms with E-state index in [4.69, 9.17) is 0 Å². The highest BCUT2D eigenvalue weighted by atomic mass is 15.2. The normalized spacial score (nSPS) is 14.2. The van der Waals surface area contributed by atoms with E-state index in [0.717, 1.165) is 22.7 Å². The molecule has 0 fully saturated rings. The standard InChI is InChI=1S/C62H48N2/c1-61(2)53-26-13-12-24-51(53)52-36-35-47(40-56(52)61)63(46-33-29-42(30-34-46)41-17-6-5-7-18-41)58-38-32-44-20-9-11-23-50(44)60(58)64-57-28-15-14-27-54(57)62(3,4)55-37-31-45(39-59(55)64)49-25-16-21-43-19-8-10-22-48(43)49/h5-40H,1-4H3. The van der Waals surface area contributed by atoms with Crippen LogP contribution in [0.4, 0.5) is 34.1 Å². The molecule has 1 heterocycles. The Morgan fingerprint density at radius 3 is 1.72 bits per heavy atom. The van der Waals surface area contributed by atoms with E-state index in [1.165, 1.54) is 88.6 Å². The van der Waals surface area contributed by atoms with Crippen molar-refractivity contribution in [2.45, 2.75) is 38.5 Å². The Kier molecular flexibility index (Phi) is 8.58. The van der Waals surface area contributed by atoms with Crippen LogP contribution < -0.4 is 9.80 Å². The Morgan fingerprint density at radius 2 is 0.906 bits per heavy atom. The topological polar surface area (TPSA) is 6.48 Å². The predicted octanol–water partition coefficient (Wildman–Crippen LogP) is 17.2. The first-order valence-electron chi connectivity index (χ1n) is 22.5. The summed E-state index contributed by atoms with van der Waals surface area (Å²) in [7, 11) is 0. The van der Waals surface area contributed by atoms with Gasteiger partial charge in [-0.15, -0.1) is 0 Å². The SMILES string of the molecule is CC1(C)c2ccccc2-c2ccc(N(c3ccc(-c4ccccc4)cc3)c3ccc4ccccc4c3N3c4ccccc4C(C)(C)c4ccc(-c5cccc6ccccc56)cc43)cc21. The number of benzene rings is 10. The van der Waals surface area contributed by atoms with Gasteiger partial charge in [-0.3, -0.25) is 0 Å². The lowest BCUT2D eigenvalue weighted by Crippen LogP contribution is -2.31. The number of para-hydroxylation sites is 1. The van der Waals surface area contributed by atoms with Gasteiger partial charge in [-0.05, 0) is 114 Å². The number of hydrogen-bond acceptors (Lipinski definition) is 2. The summed E-state index contributed by atoms with van der Waals surface area (Å²) in [6.07, 6.45) is 0. The van der Waals surface area contributed by atoms with E-state index in [1.807, 2.05) is 0 Å². The summed E-state index contributed by atoms with van der Waals surface area (Å²) in [5.41, 5.74) is 19.2. The summed E-state index contributed by atoms with van der Waals surface area (Å²) in [4.78, 5) is 5.09. The minimum atomic E-state index is -0.252. The van der Waals surface area contributed by atoms with Crippen LogP contribution in [0.2, 0.25) is 0 Å². The molecule has 0 aromatic heterocycles. The van der Waals surface area contributed by atoms with Gasteiger partial charge in [0.2, 0.25) is 0 Å². The third kappa shape index (κ3) is 5.79. The zero-order valence-electron chi connectivity index (χ0n) is 36.7. The lowest BCUT2D eigenvalue weighted by atomic mass is 9.73. The predicted molar refractivity (Wildman–Crippen MR) is 271 cm³/mol. The first-order chi connectivity index (χ1) is 31.3. The Hall–Kier alpha value is -7.68. The molecule has 2 aliphatic rings. The highest BCUT2D eigenvalue weighted by molar-refractivity contribution is 6.09. The molecule has 0 bridgehead atoms. The van der Waals surface area contributed by atoms with Gasteiger partial charge in [0.1, 0.15) is 0 Å². The minimum absolute atomic E-state index is 0.161. The van der Waals surface area contributed by atoms with Gasteiger partial charge in [-0.1, -0.05) is 204 Å². The lowest BCUT2D eigenvalue weighted by Gasteiger charge is -2.44. The molecule has 0 amide bonds. The fourth-order valence-electron chi connectivity index (χ4n) is 11.0. The van der Waals surface area contributed by atoms with Crippen molar-refractivity contribution in [2.24, 2.45) is 0 Å². The number of rotatable bonds is 6. The van der Waals surface area contributed by atoms with Gasteiger partial charge < -0.3 is 9.80 Å². The molecule has 0 radical (unpaired) electrons. The van der Waals surface area contributed by atoms with Gasteiger partial charge in [0, 0.05) is 27.6 Å². The maximum atomic E-state index is 2.58. The Morgan fingerprint density at radius 1 is 0.344 bits per heavy atom. The molecule has 10 aromatic rings. The second-order valence-electron chi connectivity index (χ2n) is 18.5. The second kappa shape index (κ2) is 14.4. The van der Waals surface area contributed by atoms with Crippen molar-refractivity contribution in [3.63, 3.8) is 0 Å². The Labute approximate surface area is 376 Å². The molecule has 0 saturated carbocycles. The van der Waals surface area contributed by atoms with Crippen LogP contribution >= 0.6 is 0 Å². The van der Waals surface area contributed by atoms with Gasteiger partial charge in [-0.25, -0.2) is 0 Å². The maximum Gasteiger partial charge on any atom is 0.0781 e. The molecule has 2 nitrogen and oxygen atoms in total. The van der Waals surface area contributed by atoms with Crippen LogP contribution in [0.1, 0.15) is 49.9 Å². The number of nitrogens with zero attached hydrogens (tertiary/aromatic N) is 2. The zero-order chi connectivity index (χ0) is 43.2. The van der Waals surface area contributed by atoms with Crippen molar-refractivity contribution < 1.29 is 0 Å². The molecule has 306 valence electrons. The van der Waals surface area contributed by atoms with E-state index >= 15 is 0 Å². The first kappa shape index (κ1) is 38.0. The van der Waals surface area contributed by atoms with Crippen molar-refractivity contribution in [1.29, 1.82) is 0 Å². The summed E-state index contributed by atoms with van der Waals surface area (Å²) in [6, 6.07) is 81.1. The maximum absolute atomic E-state index is 2.58. The molecule has 1 aliphatic heterocycles. The van der Waals surface area contributed by atoms with Crippen molar-refractivity contribution >= 4 is 55.7 Å². The van der Waals surface area contributed by atoms with E-state index in [2.05, 4.69) is 256 Å². The molecule has 0 N–H and O–H groups in total. The molecular weight excluding hydrogens is 773 g/mol. The molecule has 10 aromatic carbocycles. The third-order valence-corrected chi connectivity index (χ3v) is 14.2. The molecule has 1 aliphatic carbocycles. The average molecular weight is 821 g/mol. The first-order valence-corrected chi connectivity index (χ1v) is 22.5. The van der Waals surface area contributed by atoms with Crippen LogP contribution in [-0.2, 0) is 10.8 Å². The van der Waals surface area contributed by atoms with E-state index in [-0.39, 0.29) is 10.8 Å². The van der Waals surface area contributed by atoms with E-state index in [0.29, 0.717) is 0 Å². The average Bonchev–Trinajstić information content (AvgIpc) is 3.57. The van der Waals surface area contributed by atoms with Gasteiger partial charge in [0.05, 0.1) is 22.7 Å². The number of anilines is 6. The highest BCUT2D eigenvalue weighted by Gasteiger charge is 2.40. The van der Waals surface area contributed by atoms with Crippen LogP contribution in [0.3, 0.4) is 0 Å². The molecule has 0 atom stereocenters. The molecule has 0 spiro atoms. The third-order valence-electron chi connectivity index (χ3n) is 14.2. The molecular formula is C62H48N2. The van der Waals surface area contributed by atoms with Crippen LogP contribution in [-0.4, -0.2) is 0 Å². The van der Waals surface area contributed by atoms with Crippen LogP contribution in [0.5, 0.6) is 0 Å². The van der Waals surface area contributed by atoms with Crippen molar-refractivity contribution in [1.82, 2.24) is 0 Å². The van der Waals surface area contributed by atoms with Gasteiger partial charge in [0.15, 0.2) is 0 Å². The van der Waals surface area contributed by atoms with E-state index in [1.54, 1.807) is 0 Å². The zero-order valence-corrected chi connectivity index (χ0v) is 36.7. The molecule has 0 unspecified atom stereocenters. The van der Waals surface area contributed by atoms with Crippen LogP contribution in [0.25, 0.3) is 54.9 Å². The van der Waals surface area contributed by atoms with E-state index in [9.17, 15) is 0 Å². The summed E-state index contributed by atoms with van der Waals surface area (Å²) in [6.45, 7) is 9.51. The van der Waals surface area contributed by atoms with Gasteiger partial charge in [0.25, 0.3) is 0 Å².